The van der Waals surface area contributed by atoms with Gasteiger partial charge in [-0.25, -0.2) is 0 Å². The fraction of sp³-hybridized carbons (Fsp3) is 0.444. The zero-order valence-corrected chi connectivity index (χ0v) is 16.9. The fourth-order valence-electron chi connectivity index (χ4n) is 2.37. The first-order chi connectivity index (χ1) is 11.3. The van der Waals surface area contributed by atoms with Crippen molar-refractivity contribution in [2.45, 2.75) is 32.7 Å². The minimum absolute atomic E-state index is 0. The summed E-state index contributed by atoms with van der Waals surface area (Å²) in [4.78, 5) is 4.25. The highest BCUT2D eigenvalue weighted by Crippen LogP contribution is 2.05. The number of aliphatic imine (C=N–C) groups is 1. The smallest absolute Gasteiger partial charge is 0.190 e. The molecule has 1 aromatic heterocycles. The molecule has 6 heteroatoms. The van der Waals surface area contributed by atoms with Gasteiger partial charge in [0.25, 0.3) is 0 Å². The molecule has 0 atom stereocenters. The molecule has 0 saturated carbocycles. The molecule has 2 aromatic rings. The highest BCUT2D eigenvalue weighted by atomic mass is 127. The Kier molecular flexibility index (Phi) is 10.1. The number of guanidine groups is 1. The van der Waals surface area contributed by atoms with E-state index in [0.29, 0.717) is 0 Å². The van der Waals surface area contributed by atoms with Gasteiger partial charge in [-0.2, -0.15) is 5.10 Å². The first-order valence-electron chi connectivity index (χ1n) is 8.31. The zero-order valence-electron chi connectivity index (χ0n) is 14.5. The van der Waals surface area contributed by atoms with Crippen LogP contribution in [-0.2, 0) is 19.4 Å². The molecule has 0 spiro atoms. The van der Waals surface area contributed by atoms with Crippen LogP contribution in [-0.4, -0.2) is 35.9 Å². The Morgan fingerprint density at radius 1 is 1.12 bits per heavy atom. The third kappa shape index (κ3) is 7.33. The van der Waals surface area contributed by atoms with Crippen molar-refractivity contribution in [3.05, 3.63) is 53.9 Å². The maximum absolute atomic E-state index is 4.25. The van der Waals surface area contributed by atoms with Crippen LogP contribution in [0.1, 0.15) is 24.5 Å². The lowest BCUT2D eigenvalue weighted by molar-refractivity contribution is 0.570. The van der Waals surface area contributed by atoms with Crippen LogP contribution < -0.4 is 10.6 Å². The number of aromatic nitrogens is 2. The van der Waals surface area contributed by atoms with Gasteiger partial charge in [-0.3, -0.25) is 9.67 Å². The summed E-state index contributed by atoms with van der Waals surface area (Å²) in [5.74, 6) is 0.857. The molecule has 0 bridgehead atoms. The van der Waals surface area contributed by atoms with Gasteiger partial charge in [0.1, 0.15) is 0 Å². The van der Waals surface area contributed by atoms with E-state index in [9.17, 15) is 0 Å². The molecule has 0 aliphatic carbocycles. The van der Waals surface area contributed by atoms with Crippen LogP contribution in [0.3, 0.4) is 0 Å². The molecule has 0 radical (unpaired) electrons. The highest BCUT2D eigenvalue weighted by molar-refractivity contribution is 14.0. The Morgan fingerprint density at radius 2 is 1.83 bits per heavy atom. The van der Waals surface area contributed by atoms with E-state index >= 15 is 0 Å². The van der Waals surface area contributed by atoms with Gasteiger partial charge in [-0.05, 0) is 36.5 Å². The molecule has 0 unspecified atom stereocenters. The minimum atomic E-state index is 0. The zero-order chi connectivity index (χ0) is 16.3. The molecule has 2 N–H and O–H groups in total. The van der Waals surface area contributed by atoms with E-state index in [1.165, 1.54) is 11.1 Å². The average Bonchev–Trinajstić information content (AvgIpc) is 3.11. The van der Waals surface area contributed by atoms with E-state index in [-0.39, 0.29) is 24.0 Å². The number of nitrogens with one attached hydrogen (secondary N) is 2. The van der Waals surface area contributed by atoms with Gasteiger partial charge < -0.3 is 10.6 Å². The number of aryl methyl sites for hydroxylation is 2. The van der Waals surface area contributed by atoms with E-state index < -0.39 is 0 Å². The van der Waals surface area contributed by atoms with Crippen LogP contribution in [0, 0.1) is 0 Å². The summed E-state index contributed by atoms with van der Waals surface area (Å²) in [6.07, 6.45) is 6.89. The molecule has 132 valence electrons. The second-order valence-corrected chi connectivity index (χ2v) is 5.47. The van der Waals surface area contributed by atoms with Gasteiger partial charge >= 0.3 is 0 Å². The number of hydrogen-bond acceptors (Lipinski definition) is 2. The Labute approximate surface area is 162 Å². The van der Waals surface area contributed by atoms with Gasteiger partial charge in [0, 0.05) is 39.1 Å². The van der Waals surface area contributed by atoms with Crippen LogP contribution in [0.2, 0.25) is 0 Å². The van der Waals surface area contributed by atoms with Crippen molar-refractivity contribution in [1.29, 1.82) is 0 Å². The number of nitrogens with zero attached hydrogens (tertiary/aromatic N) is 3. The third-order valence-electron chi connectivity index (χ3n) is 3.78. The largest absolute Gasteiger partial charge is 0.356 e. The fourth-order valence-corrected chi connectivity index (χ4v) is 2.37. The summed E-state index contributed by atoms with van der Waals surface area (Å²) < 4.78 is 1.94. The van der Waals surface area contributed by atoms with Crippen molar-refractivity contribution in [2.75, 3.05) is 20.1 Å². The Balaban J connectivity index is 0.00000288. The van der Waals surface area contributed by atoms with Crippen molar-refractivity contribution in [1.82, 2.24) is 20.4 Å². The van der Waals surface area contributed by atoms with Crippen molar-refractivity contribution in [2.24, 2.45) is 4.99 Å². The van der Waals surface area contributed by atoms with E-state index in [1.807, 2.05) is 16.9 Å². The molecule has 0 aliphatic heterocycles. The normalized spacial score (nSPS) is 11.0. The van der Waals surface area contributed by atoms with Gasteiger partial charge in [0.2, 0.25) is 0 Å². The van der Waals surface area contributed by atoms with Gasteiger partial charge in [-0.1, -0.05) is 31.2 Å². The van der Waals surface area contributed by atoms with Crippen LogP contribution in [0.15, 0.2) is 47.7 Å². The lowest BCUT2D eigenvalue weighted by Crippen LogP contribution is -2.39. The Morgan fingerprint density at radius 3 is 2.46 bits per heavy atom. The summed E-state index contributed by atoms with van der Waals surface area (Å²) >= 11 is 0. The molecule has 1 heterocycles. The van der Waals surface area contributed by atoms with Gasteiger partial charge in [0.05, 0.1) is 0 Å². The molecule has 5 nitrogen and oxygen atoms in total. The van der Waals surface area contributed by atoms with Crippen LogP contribution in [0.5, 0.6) is 0 Å². The maximum Gasteiger partial charge on any atom is 0.190 e. The predicted molar refractivity (Wildman–Crippen MR) is 111 cm³/mol. The van der Waals surface area contributed by atoms with E-state index in [2.05, 4.69) is 51.9 Å². The highest BCUT2D eigenvalue weighted by Gasteiger charge is 1.98. The van der Waals surface area contributed by atoms with Crippen molar-refractivity contribution in [3.8, 4) is 0 Å². The summed E-state index contributed by atoms with van der Waals surface area (Å²) in [6, 6.07) is 10.8. The SMILES string of the molecule is CCc1ccc(CCNC(=NC)NCCCn2cccn2)cc1.I. The summed E-state index contributed by atoms with van der Waals surface area (Å²) in [7, 11) is 1.80. The van der Waals surface area contributed by atoms with Crippen LogP contribution in [0.4, 0.5) is 0 Å². The quantitative estimate of drug-likeness (QED) is 0.287. The topological polar surface area (TPSA) is 54.2 Å². The molecule has 0 fully saturated rings. The van der Waals surface area contributed by atoms with Crippen LogP contribution >= 0.6 is 24.0 Å². The third-order valence-corrected chi connectivity index (χ3v) is 3.78. The average molecular weight is 441 g/mol. The first-order valence-corrected chi connectivity index (χ1v) is 8.31. The number of hydrogen-bond donors (Lipinski definition) is 2. The number of benzene rings is 1. The molecule has 1 aromatic carbocycles. The molecule has 24 heavy (non-hydrogen) atoms. The molecule has 0 saturated heterocycles. The maximum atomic E-state index is 4.25. The second-order valence-electron chi connectivity index (χ2n) is 5.47. The molecular formula is C18H28IN5. The van der Waals surface area contributed by atoms with Gasteiger partial charge in [0.15, 0.2) is 5.96 Å². The lowest BCUT2D eigenvalue weighted by atomic mass is 10.1. The van der Waals surface area contributed by atoms with Crippen LogP contribution in [0.25, 0.3) is 0 Å². The Hall–Kier alpha value is -1.57. The minimum Gasteiger partial charge on any atom is -0.356 e. The second kappa shape index (κ2) is 11.9. The Bertz CT molecular complexity index is 578. The summed E-state index contributed by atoms with van der Waals surface area (Å²) in [5, 5.41) is 10.9. The van der Waals surface area contributed by atoms with E-state index in [0.717, 1.165) is 44.9 Å². The summed E-state index contributed by atoms with van der Waals surface area (Å²) in [6.45, 7) is 4.86. The van der Waals surface area contributed by atoms with Crippen molar-refractivity contribution >= 4 is 29.9 Å². The lowest BCUT2D eigenvalue weighted by Gasteiger charge is -2.12. The van der Waals surface area contributed by atoms with Crippen molar-refractivity contribution in [3.63, 3.8) is 0 Å². The first kappa shape index (κ1) is 20.5. The molecule has 0 aliphatic rings. The molecule has 0 amide bonds. The predicted octanol–water partition coefficient (Wildman–Crippen LogP) is 2.86. The number of halogens is 1. The number of rotatable bonds is 8. The van der Waals surface area contributed by atoms with E-state index in [4.69, 9.17) is 0 Å². The molecular weight excluding hydrogens is 413 g/mol. The molecule has 2 rings (SSSR count). The van der Waals surface area contributed by atoms with Crippen molar-refractivity contribution < 1.29 is 0 Å². The summed E-state index contributed by atoms with van der Waals surface area (Å²) in [5.41, 5.74) is 2.74. The van der Waals surface area contributed by atoms with Gasteiger partial charge in [-0.15, -0.1) is 24.0 Å². The monoisotopic (exact) mass is 441 g/mol. The standard InChI is InChI=1S/C18H27N5.HI/c1-3-16-6-8-17(9-7-16)10-13-21-18(19-2)20-11-4-14-23-15-5-12-22-23;/h5-9,12,15H,3-4,10-11,13-14H2,1-2H3,(H2,19,20,21);1H. The van der Waals surface area contributed by atoms with E-state index in [1.54, 1.807) is 13.2 Å².